The molecule has 0 radical (unpaired) electrons. The molecule has 1 aromatic heterocycles. The van der Waals surface area contributed by atoms with Gasteiger partial charge in [-0.15, -0.1) is 11.8 Å². The highest BCUT2D eigenvalue weighted by Crippen LogP contribution is 2.42. The van der Waals surface area contributed by atoms with E-state index in [1.807, 2.05) is 12.1 Å². The molecule has 3 nitrogen and oxygen atoms in total. The Morgan fingerprint density at radius 1 is 1.47 bits per heavy atom. The maximum Gasteiger partial charge on any atom is 0.115 e. The minimum absolute atomic E-state index is 0.319. The van der Waals surface area contributed by atoms with Gasteiger partial charge >= 0.3 is 0 Å². The number of hydrogen-bond donors (Lipinski definition) is 1. The average Bonchev–Trinajstić information content (AvgIpc) is 3.13. The first-order valence-electron chi connectivity index (χ1n) is 6.67. The van der Waals surface area contributed by atoms with Crippen LogP contribution in [0.15, 0.2) is 23.4 Å². The van der Waals surface area contributed by atoms with E-state index in [1.54, 1.807) is 18.0 Å². The molecule has 1 heterocycles. The lowest BCUT2D eigenvalue weighted by atomic mass is 10.00. The molecule has 100 valence electrons. The first kappa shape index (κ1) is 13.2. The number of nitrogens with one attached hydrogen (secondary N) is 1. The summed E-state index contributed by atoms with van der Waals surface area (Å²) in [6, 6.07) is 6.78. The highest BCUT2D eigenvalue weighted by Gasteiger charge is 2.43. The Morgan fingerprint density at radius 3 is 3.00 bits per heavy atom. The second kappa shape index (κ2) is 5.32. The van der Waals surface area contributed by atoms with E-state index in [0.29, 0.717) is 16.3 Å². The van der Waals surface area contributed by atoms with Crippen LogP contribution in [0.25, 0.3) is 0 Å². The predicted octanol–water partition coefficient (Wildman–Crippen LogP) is 3.39. The normalized spacial score (nSPS) is 30.2. The van der Waals surface area contributed by atoms with E-state index in [-0.39, 0.29) is 5.54 Å². The van der Waals surface area contributed by atoms with Crippen molar-refractivity contribution in [1.82, 2.24) is 10.3 Å². The molecule has 1 aromatic rings. The number of nitriles is 1. The molecule has 2 aliphatic rings. The number of aromatic nitrogens is 1. The van der Waals surface area contributed by atoms with Gasteiger partial charge in [-0.25, -0.2) is 4.98 Å². The van der Waals surface area contributed by atoms with Gasteiger partial charge < -0.3 is 0 Å². The molecule has 0 spiro atoms. The maximum atomic E-state index is 9.47. The van der Waals surface area contributed by atoms with Crippen molar-refractivity contribution in [2.45, 2.75) is 54.0 Å². The molecular formula is C14H16ClN3S. The van der Waals surface area contributed by atoms with Crippen molar-refractivity contribution >= 4 is 23.4 Å². The number of rotatable bonds is 4. The molecule has 5 heteroatoms. The fourth-order valence-electron chi connectivity index (χ4n) is 2.60. The van der Waals surface area contributed by atoms with Gasteiger partial charge in [-0.3, -0.25) is 5.32 Å². The highest BCUT2D eigenvalue weighted by atomic mass is 35.5. The molecule has 0 aromatic carbocycles. The largest absolute Gasteiger partial charge is 0.297 e. The molecule has 19 heavy (non-hydrogen) atoms. The first-order valence-corrected chi connectivity index (χ1v) is 7.93. The molecule has 1 N–H and O–H groups in total. The molecule has 2 saturated carbocycles. The number of halogens is 1. The van der Waals surface area contributed by atoms with Gasteiger partial charge in [-0.05, 0) is 44.2 Å². The summed E-state index contributed by atoms with van der Waals surface area (Å²) in [5.41, 5.74) is -0.319. The summed E-state index contributed by atoms with van der Waals surface area (Å²) in [5.74, 6) is 0. The van der Waals surface area contributed by atoms with Crippen LogP contribution in [0, 0.1) is 11.3 Å². The molecule has 0 aliphatic heterocycles. The Morgan fingerprint density at radius 2 is 2.32 bits per heavy atom. The Kier molecular flexibility index (Phi) is 3.70. The molecule has 2 aliphatic carbocycles. The van der Waals surface area contributed by atoms with Crippen molar-refractivity contribution < 1.29 is 0 Å². The first-order chi connectivity index (χ1) is 9.21. The summed E-state index contributed by atoms with van der Waals surface area (Å²) in [5, 5.41) is 15.0. The van der Waals surface area contributed by atoms with Crippen LogP contribution >= 0.6 is 23.4 Å². The topological polar surface area (TPSA) is 48.7 Å². The third-order valence-corrected chi connectivity index (χ3v) is 5.45. The monoisotopic (exact) mass is 293 g/mol. The molecule has 2 unspecified atom stereocenters. The molecule has 0 bridgehead atoms. The quantitative estimate of drug-likeness (QED) is 0.924. The summed E-state index contributed by atoms with van der Waals surface area (Å²) in [6.45, 7) is 0. The van der Waals surface area contributed by atoms with E-state index in [2.05, 4.69) is 16.4 Å². The van der Waals surface area contributed by atoms with Gasteiger partial charge in [0.15, 0.2) is 0 Å². The summed E-state index contributed by atoms with van der Waals surface area (Å²) < 4.78 is 0. The standard InChI is InChI=1S/C14H16ClN3S/c15-12-2-1-7-17-13(12)19-11-5-6-14(8-11,9-16)18-10-3-4-10/h1-2,7,10-11,18H,3-6,8H2. The Hall–Kier alpha value is -0.760. The van der Waals surface area contributed by atoms with Gasteiger partial charge in [-0.2, -0.15) is 5.26 Å². The van der Waals surface area contributed by atoms with Gasteiger partial charge in [-0.1, -0.05) is 11.6 Å². The van der Waals surface area contributed by atoms with Crippen molar-refractivity contribution in [3.63, 3.8) is 0 Å². The molecule has 0 saturated heterocycles. The second-order valence-electron chi connectivity index (χ2n) is 5.39. The molecule has 3 rings (SSSR count). The van der Waals surface area contributed by atoms with Crippen molar-refractivity contribution in [2.75, 3.05) is 0 Å². The minimum atomic E-state index is -0.319. The zero-order valence-electron chi connectivity index (χ0n) is 10.6. The fourth-order valence-corrected chi connectivity index (χ4v) is 4.08. The van der Waals surface area contributed by atoms with E-state index in [0.717, 1.165) is 24.3 Å². The Balaban J connectivity index is 1.65. The van der Waals surface area contributed by atoms with Crippen LogP contribution in [0.1, 0.15) is 32.1 Å². The lowest BCUT2D eigenvalue weighted by molar-refractivity contribution is 0.420. The zero-order chi connectivity index (χ0) is 13.3. The predicted molar refractivity (Wildman–Crippen MR) is 77.2 cm³/mol. The van der Waals surface area contributed by atoms with Crippen LogP contribution in [0.2, 0.25) is 5.02 Å². The van der Waals surface area contributed by atoms with E-state index in [4.69, 9.17) is 11.6 Å². The second-order valence-corrected chi connectivity index (χ2v) is 7.08. The average molecular weight is 294 g/mol. The molecule has 2 atom stereocenters. The van der Waals surface area contributed by atoms with Crippen LogP contribution < -0.4 is 5.32 Å². The van der Waals surface area contributed by atoms with Crippen LogP contribution in [0.5, 0.6) is 0 Å². The van der Waals surface area contributed by atoms with E-state index >= 15 is 0 Å². The third-order valence-electron chi connectivity index (χ3n) is 3.74. The Bertz CT molecular complexity index is 512. The Labute approximate surface area is 122 Å². The van der Waals surface area contributed by atoms with Crippen molar-refractivity contribution in [1.29, 1.82) is 5.26 Å². The summed E-state index contributed by atoms with van der Waals surface area (Å²) in [4.78, 5) is 4.32. The fraction of sp³-hybridized carbons (Fsp3) is 0.571. The van der Waals surface area contributed by atoms with Crippen LogP contribution in [0.3, 0.4) is 0 Å². The van der Waals surface area contributed by atoms with Crippen molar-refractivity contribution in [3.05, 3.63) is 23.4 Å². The minimum Gasteiger partial charge on any atom is -0.297 e. The number of hydrogen-bond acceptors (Lipinski definition) is 4. The van der Waals surface area contributed by atoms with E-state index in [1.165, 1.54) is 12.8 Å². The lowest BCUT2D eigenvalue weighted by Gasteiger charge is -2.22. The van der Waals surface area contributed by atoms with Crippen LogP contribution in [-0.2, 0) is 0 Å². The summed E-state index contributed by atoms with van der Waals surface area (Å²) >= 11 is 7.85. The van der Waals surface area contributed by atoms with Gasteiger partial charge in [0, 0.05) is 17.5 Å². The van der Waals surface area contributed by atoms with Crippen molar-refractivity contribution in [3.8, 4) is 6.07 Å². The van der Waals surface area contributed by atoms with E-state index in [9.17, 15) is 5.26 Å². The zero-order valence-corrected chi connectivity index (χ0v) is 12.2. The third kappa shape index (κ3) is 3.05. The van der Waals surface area contributed by atoms with Crippen LogP contribution in [0.4, 0.5) is 0 Å². The summed E-state index contributed by atoms with van der Waals surface area (Å²) in [7, 11) is 0. The number of thioether (sulfide) groups is 1. The number of nitrogens with zero attached hydrogens (tertiary/aromatic N) is 2. The molecule has 2 fully saturated rings. The van der Waals surface area contributed by atoms with Crippen LogP contribution in [-0.4, -0.2) is 21.8 Å². The highest BCUT2D eigenvalue weighted by molar-refractivity contribution is 8.00. The van der Waals surface area contributed by atoms with Crippen molar-refractivity contribution in [2.24, 2.45) is 0 Å². The van der Waals surface area contributed by atoms with Gasteiger partial charge in [0.1, 0.15) is 10.6 Å². The number of pyridine rings is 1. The summed E-state index contributed by atoms with van der Waals surface area (Å²) in [6.07, 6.45) is 7.06. The van der Waals surface area contributed by atoms with Gasteiger partial charge in [0.2, 0.25) is 0 Å². The van der Waals surface area contributed by atoms with Gasteiger partial charge in [0.05, 0.1) is 11.1 Å². The lowest BCUT2D eigenvalue weighted by Crippen LogP contribution is -2.43. The SMILES string of the molecule is N#CC1(NC2CC2)CCC(Sc2ncccc2Cl)C1. The van der Waals surface area contributed by atoms with Gasteiger partial charge in [0.25, 0.3) is 0 Å². The molecular weight excluding hydrogens is 278 g/mol. The van der Waals surface area contributed by atoms with E-state index < -0.39 is 0 Å². The smallest absolute Gasteiger partial charge is 0.115 e. The molecule has 0 amide bonds. The maximum absolute atomic E-state index is 9.47.